The molecule has 1 aromatic rings. The molecule has 0 bridgehead atoms. The first-order valence-corrected chi connectivity index (χ1v) is 5.25. The molecule has 0 spiro atoms. The van der Waals surface area contributed by atoms with Crippen molar-refractivity contribution < 1.29 is 13.2 Å². The van der Waals surface area contributed by atoms with Crippen molar-refractivity contribution in [1.82, 2.24) is 0 Å². The number of rotatable bonds is 3. The molecular formula is C10H11BrF3N. The van der Waals surface area contributed by atoms with Gasteiger partial charge in [0, 0.05) is 4.47 Å². The lowest BCUT2D eigenvalue weighted by molar-refractivity contribution is -0.148. The third-order valence-electron chi connectivity index (χ3n) is 2.08. The van der Waals surface area contributed by atoms with Crippen molar-refractivity contribution in [2.75, 3.05) is 0 Å². The molecule has 0 aliphatic carbocycles. The monoisotopic (exact) mass is 281 g/mol. The molecular weight excluding hydrogens is 271 g/mol. The molecule has 2 N–H and O–H groups in total. The molecule has 0 radical (unpaired) electrons. The van der Waals surface area contributed by atoms with Crippen LogP contribution in [0.4, 0.5) is 13.2 Å². The van der Waals surface area contributed by atoms with Crippen LogP contribution in [0.2, 0.25) is 0 Å². The number of hydrogen-bond donors (Lipinski definition) is 1. The van der Waals surface area contributed by atoms with E-state index in [9.17, 15) is 13.2 Å². The van der Waals surface area contributed by atoms with Crippen molar-refractivity contribution in [2.45, 2.75) is 25.1 Å². The topological polar surface area (TPSA) is 26.0 Å². The van der Waals surface area contributed by atoms with E-state index in [1.807, 2.05) is 0 Å². The van der Waals surface area contributed by atoms with Crippen LogP contribution in [-0.2, 0) is 6.42 Å². The molecule has 0 aliphatic rings. The Labute approximate surface area is 94.6 Å². The summed E-state index contributed by atoms with van der Waals surface area (Å²) < 4.78 is 37.2. The van der Waals surface area contributed by atoms with E-state index in [4.69, 9.17) is 5.73 Å². The first kappa shape index (κ1) is 12.5. The maximum absolute atomic E-state index is 12.1. The van der Waals surface area contributed by atoms with Crippen molar-refractivity contribution in [3.05, 3.63) is 34.3 Å². The summed E-state index contributed by atoms with van der Waals surface area (Å²) in [7, 11) is 0. The predicted molar refractivity (Wildman–Crippen MR) is 56.5 cm³/mol. The van der Waals surface area contributed by atoms with Gasteiger partial charge >= 0.3 is 6.18 Å². The Morgan fingerprint density at radius 3 is 2.20 bits per heavy atom. The fourth-order valence-electron chi connectivity index (χ4n) is 1.14. The molecule has 0 unspecified atom stereocenters. The van der Waals surface area contributed by atoms with Crippen molar-refractivity contribution in [1.29, 1.82) is 0 Å². The Morgan fingerprint density at radius 1 is 1.20 bits per heavy atom. The smallest absolute Gasteiger partial charge is 0.320 e. The van der Waals surface area contributed by atoms with Crippen LogP contribution in [-0.4, -0.2) is 12.2 Å². The van der Waals surface area contributed by atoms with Crippen molar-refractivity contribution in [3.8, 4) is 0 Å². The molecule has 1 aromatic carbocycles. The lowest BCUT2D eigenvalue weighted by Gasteiger charge is -2.15. The zero-order valence-corrected chi connectivity index (χ0v) is 9.48. The van der Waals surface area contributed by atoms with Gasteiger partial charge in [-0.15, -0.1) is 0 Å². The average molecular weight is 282 g/mol. The summed E-state index contributed by atoms with van der Waals surface area (Å²) in [5, 5.41) is 0. The molecule has 1 atom stereocenters. The van der Waals surface area contributed by atoms with Crippen molar-refractivity contribution in [2.24, 2.45) is 5.73 Å². The third-order valence-corrected chi connectivity index (χ3v) is 2.61. The minimum absolute atomic E-state index is 0.0782. The largest absolute Gasteiger partial charge is 0.403 e. The van der Waals surface area contributed by atoms with Crippen LogP contribution in [0, 0.1) is 0 Å². The first-order valence-electron chi connectivity index (χ1n) is 4.46. The Morgan fingerprint density at radius 2 is 1.73 bits per heavy atom. The van der Waals surface area contributed by atoms with Crippen LogP contribution in [0.3, 0.4) is 0 Å². The van der Waals surface area contributed by atoms with Crippen LogP contribution in [0.25, 0.3) is 0 Å². The van der Waals surface area contributed by atoms with E-state index in [0.717, 1.165) is 10.0 Å². The second kappa shape index (κ2) is 4.99. The molecule has 15 heavy (non-hydrogen) atoms. The number of nitrogens with two attached hydrogens (primary N) is 1. The molecule has 0 amide bonds. The van der Waals surface area contributed by atoms with Gasteiger partial charge in [0.05, 0.1) is 0 Å². The van der Waals surface area contributed by atoms with Crippen molar-refractivity contribution in [3.63, 3.8) is 0 Å². The summed E-state index contributed by atoms with van der Waals surface area (Å²) in [5.74, 6) is 0. The minimum atomic E-state index is -4.30. The van der Waals surface area contributed by atoms with Crippen LogP contribution in [0.5, 0.6) is 0 Å². The van der Waals surface area contributed by atoms with E-state index in [-0.39, 0.29) is 6.42 Å². The van der Waals surface area contributed by atoms with Gasteiger partial charge < -0.3 is 5.73 Å². The third kappa shape index (κ3) is 4.22. The summed E-state index contributed by atoms with van der Waals surface area (Å²) in [6, 6.07) is 5.43. The molecule has 1 nitrogen and oxygen atoms in total. The SMILES string of the molecule is N[C@@H](CCc1ccc(Br)cc1)C(F)(F)F. The van der Waals surface area contributed by atoms with Gasteiger partial charge in [-0.2, -0.15) is 13.2 Å². The summed E-state index contributed by atoms with van der Waals surface area (Å²) in [6.45, 7) is 0. The van der Waals surface area contributed by atoms with Gasteiger partial charge in [-0.25, -0.2) is 0 Å². The molecule has 0 heterocycles. The summed E-state index contributed by atoms with van der Waals surface area (Å²) in [4.78, 5) is 0. The molecule has 0 saturated heterocycles. The van der Waals surface area contributed by atoms with Crippen LogP contribution in [0.15, 0.2) is 28.7 Å². The zero-order chi connectivity index (χ0) is 11.5. The highest BCUT2D eigenvalue weighted by Gasteiger charge is 2.35. The zero-order valence-electron chi connectivity index (χ0n) is 7.89. The van der Waals surface area contributed by atoms with Crippen LogP contribution >= 0.6 is 15.9 Å². The standard InChI is InChI=1S/C10H11BrF3N/c11-8-4-1-7(2-5-8)3-6-9(15)10(12,13)14/h1-2,4-5,9H,3,6,15H2/t9-/m0/s1. The Balaban J connectivity index is 2.47. The summed E-state index contributed by atoms with van der Waals surface area (Å²) in [6.07, 6.45) is -4.03. The van der Waals surface area contributed by atoms with Gasteiger partial charge in [0.15, 0.2) is 0 Å². The fourth-order valence-corrected chi connectivity index (χ4v) is 1.40. The van der Waals surface area contributed by atoms with E-state index < -0.39 is 12.2 Å². The highest BCUT2D eigenvalue weighted by atomic mass is 79.9. The Bertz CT molecular complexity index is 307. The number of hydrogen-bond acceptors (Lipinski definition) is 1. The van der Waals surface area contributed by atoms with E-state index >= 15 is 0 Å². The van der Waals surface area contributed by atoms with Gasteiger partial charge in [0.2, 0.25) is 0 Å². The van der Waals surface area contributed by atoms with Gasteiger partial charge in [-0.1, -0.05) is 28.1 Å². The van der Waals surface area contributed by atoms with Crippen LogP contribution < -0.4 is 5.73 Å². The lowest BCUT2D eigenvalue weighted by Crippen LogP contribution is -2.37. The molecule has 0 fully saturated rings. The molecule has 0 saturated carbocycles. The number of alkyl halides is 3. The maximum atomic E-state index is 12.1. The van der Waals surface area contributed by atoms with Gasteiger partial charge in [0.1, 0.15) is 6.04 Å². The predicted octanol–water partition coefficient (Wildman–Crippen LogP) is 3.27. The Hall–Kier alpha value is -0.550. The molecule has 84 valence electrons. The van der Waals surface area contributed by atoms with E-state index in [1.54, 1.807) is 24.3 Å². The average Bonchev–Trinajstić information content (AvgIpc) is 2.15. The molecule has 0 aromatic heterocycles. The van der Waals surface area contributed by atoms with Gasteiger partial charge in [-0.3, -0.25) is 0 Å². The maximum Gasteiger partial charge on any atom is 0.403 e. The number of aryl methyl sites for hydroxylation is 1. The normalized spacial score (nSPS) is 13.9. The van der Waals surface area contributed by atoms with E-state index in [0.29, 0.717) is 6.42 Å². The summed E-state index contributed by atoms with van der Waals surface area (Å²) >= 11 is 3.25. The Kier molecular flexibility index (Phi) is 4.16. The summed E-state index contributed by atoms with van der Waals surface area (Å²) in [5.41, 5.74) is 5.85. The molecule has 0 aliphatic heterocycles. The molecule has 5 heteroatoms. The molecule has 1 rings (SSSR count). The quantitative estimate of drug-likeness (QED) is 0.904. The fraction of sp³-hybridized carbons (Fsp3) is 0.400. The second-order valence-electron chi connectivity index (χ2n) is 3.31. The highest BCUT2D eigenvalue weighted by molar-refractivity contribution is 9.10. The van der Waals surface area contributed by atoms with Gasteiger partial charge in [-0.05, 0) is 30.5 Å². The minimum Gasteiger partial charge on any atom is -0.320 e. The lowest BCUT2D eigenvalue weighted by atomic mass is 10.1. The van der Waals surface area contributed by atoms with Crippen molar-refractivity contribution >= 4 is 15.9 Å². The number of benzene rings is 1. The van der Waals surface area contributed by atoms with E-state index in [1.165, 1.54) is 0 Å². The number of halogens is 4. The first-order chi connectivity index (χ1) is 6.89. The second-order valence-corrected chi connectivity index (χ2v) is 4.23. The van der Waals surface area contributed by atoms with Crippen LogP contribution in [0.1, 0.15) is 12.0 Å². The van der Waals surface area contributed by atoms with Gasteiger partial charge in [0.25, 0.3) is 0 Å². The highest BCUT2D eigenvalue weighted by Crippen LogP contribution is 2.22. The van der Waals surface area contributed by atoms with E-state index in [2.05, 4.69) is 15.9 Å².